The number of aliphatic hydroxyl groups excluding tert-OH is 1. The number of carbonyl (C=O) groups excluding carboxylic acids is 2. The van der Waals surface area contributed by atoms with Crippen molar-refractivity contribution in [2.75, 3.05) is 11.9 Å². The lowest BCUT2D eigenvalue weighted by Gasteiger charge is -2.24. The van der Waals surface area contributed by atoms with Crippen LogP contribution in [0.2, 0.25) is 0 Å². The Kier molecular flexibility index (Phi) is 8.13. The second-order valence-electron chi connectivity index (χ2n) is 5.67. The number of rotatable bonds is 8. The predicted octanol–water partition coefficient (Wildman–Crippen LogP) is 2.56. The van der Waals surface area contributed by atoms with Crippen LogP contribution < -0.4 is 10.6 Å². The van der Waals surface area contributed by atoms with Crippen molar-refractivity contribution in [1.82, 2.24) is 10.3 Å². The van der Waals surface area contributed by atoms with E-state index < -0.39 is 40.5 Å². The summed E-state index contributed by atoms with van der Waals surface area (Å²) in [5, 5.41) is 26.1. The number of nitro groups is 1. The van der Waals surface area contributed by atoms with E-state index in [-0.39, 0.29) is 11.3 Å². The summed E-state index contributed by atoms with van der Waals surface area (Å²) >= 11 is 11.0. The van der Waals surface area contributed by atoms with Gasteiger partial charge in [-0.1, -0.05) is 23.2 Å². The second-order valence-corrected chi connectivity index (χ2v) is 6.77. The molecular formula is C17H16Cl2N4O6. The molecule has 12 heteroatoms. The average molecular weight is 443 g/mol. The fourth-order valence-electron chi connectivity index (χ4n) is 2.24. The highest BCUT2D eigenvalue weighted by Gasteiger charge is 2.27. The molecule has 0 bridgehead atoms. The Morgan fingerprint density at radius 3 is 2.48 bits per heavy atom. The number of hydrogen-bond acceptors (Lipinski definition) is 7. The monoisotopic (exact) mass is 442 g/mol. The average Bonchev–Trinajstić information content (AvgIpc) is 2.71. The molecule has 29 heavy (non-hydrogen) atoms. The van der Waals surface area contributed by atoms with E-state index in [9.17, 15) is 24.8 Å². The molecule has 0 radical (unpaired) electrons. The van der Waals surface area contributed by atoms with Crippen molar-refractivity contribution >= 4 is 46.6 Å². The molecule has 0 fully saturated rings. The molecule has 0 saturated carbocycles. The number of amides is 2. The fraction of sp³-hybridized carbons (Fsp3) is 0.235. The van der Waals surface area contributed by atoms with Gasteiger partial charge < -0.3 is 15.2 Å². The standard InChI is InChI=1S/C17H16Cl2N4O6/c18-15(19)16(25)22-13(9-29-17(26)21-11-2-1-7-20-8-11)14(24)10-3-5-12(6-4-10)23(27)28/h1-8,13-15,24H,9H2,(H,21,26)(H,22,25)/t13-,14+/m1/s1. The zero-order chi connectivity index (χ0) is 21.4. The lowest BCUT2D eigenvalue weighted by atomic mass is 10.0. The molecule has 2 atom stereocenters. The zero-order valence-corrected chi connectivity index (χ0v) is 16.2. The molecule has 2 amide bonds. The van der Waals surface area contributed by atoms with Gasteiger partial charge in [0.1, 0.15) is 12.7 Å². The first kappa shape index (κ1) is 22.3. The summed E-state index contributed by atoms with van der Waals surface area (Å²) in [6.07, 6.45) is 0.717. The molecule has 2 aromatic rings. The molecule has 1 aromatic carbocycles. The minimum Gasteiger partial charge on any atom is -0.447 e. The minimum atomic E-state index is -1.41. The Hall–Kier alpha value is -2.95. The number of nitro benzene ring substituents is 1. The molecule has 0 unspecified atom stereocenters. The molecule has 1 heterocycles. The van der Waals surface area contributed by atoms with E-state index in [0.717, 1.165) is 0 Å². The molecule has 10 nitrogen and oxygen atoms in total. The molecule has 1 aromatic heterocycles. The van der Waals surface area contributed by atoms with E-state index in [2.05, 4.69) is 15.6 Å². The van der Waals surface area contributed by atoms with Crippen LogP contribution in [0.1, 0.15) is 11.7 Å². The predicted molar refractivity (Wildman–Crippen MR) is 105 cm³/mol. The molecule has 2 rings (SSSR count). The summed E-state index contributed by atoms with van der Waals surface area (Å²) in [5.74, 6) is -0.810. The Morgan fingerprint density at radius 2 is 1.93 bits per heavy atom. The maximum atomic E-state index is 11.9. The molecule has 0 saturated heterocycles. The molecular weight excluding hydrogens is 427 g/mol. The van der Waals surface area contributed by atoms with Crippen molar-refractivity contribution in [2.45, 2.75) is 17.0 Å². The number of halogens is 2. The van der Waals surface area contributed by atoms with E-state index >= 15 is 0 Å². The van der Waals surface area contributed by atoms with Crippen molar-refractivity contribution in [2.24, 2.45) is 0 Å². The number of pyridine rings is 1. The number of non-ortho nitro benzene ring substituents is 1. The van der Waals surface area contributed by atoms with Gasteiger partial charge in [-0.05, 0) is 29.8 Å². The summed E-state index contributed by atoms with van der Waals surface area (Å²) in [6.45, 7) is -0.434. The second kappa shape index (κ2) is 10.6. The number of ether oxygens (including phenoxy) is 1. The third-order valence-corrected chi connectivity index (χ3v) is 4.05. The van der Waals surface area contributed by atoms with Crippen LogP contribution in [0, 0.1) is 10.1 Å². The van der Waals surface area contributed by atoms with Crippen LogP contribution in [0.25, 0.3) is 0 Å². The highest BCUT2D eigenvalue weighted by molar-refractivity contribution is 6.53. The third-order valence-electron chi connectivity index (χ3n) is 3.65. The van der Waals surface area contributed by atoms with E-state index in [1.807, 2.05) is 0 Å². The molecule has 0 aliphatic rings. The number of benzene rings is 1. The van der Waals surface area contributed by atoms with E-state index in [1.165, 1.54) is 36.7 Å². The third kappa shape index (κ3) is 6.86. The highest BCUT2D eigenvalue weighted by Crippen LogP contribution is 2.21. The summed E-state index contributed by atoms with van der Waals surface area (Å²) in [6, 6.07) is 7.10. The number of carbonyl (C=O) groups is 2. The van der Waals surface area contributed by atoms with Crippen LogP contribution in [-0.4, -0.2) is 44.5 Å². The minimum absolute atomic E-state index is 0.171. The van der Waals surface area contributed by atoms with Crippen molar-refractivity contribution < 1.29 is 24.4 Å². The number of aliphatic hydroxyl groups is 1. The van der Waals surface area contributed by atoms with Gasteiger partial charge in [0.05, 0.1) is 22.8 Å². The van der Waals surface area contributed by atoms with Gasteiger partial charge in [0.25, 0.3) is 11.6 Å². The summed E-state index contributed by atoms with van der Waals surface area (Å²) in [5.41, 5.74) is 0.462. The Morgan fingerprint density at radius 1 is 1.24 bits per heavy atom. The summed E-state index contributed by atoms with van der Waals surface area (Å²) in [4.78, 5) is 36.3. The first-order chi connectivity index (χ1) is 13.8. The first-order valence-corrected chi connectivity index (χ1v) is 9.00. The fourth-order valence-corrected chi connectivity index (χ4v) is 2.37. The van der Waals surface area contributed by atoms with E-state index in [4.69, 9.17) is 27.9 Å². The van der Waals surface area contributed by atoms with Gasteiger partial charge in [-0.25, -0.2) is 4.79 Å². The van der Waals surface area contributed by atoms with Crippen LogP contribution in [-0.2, 0) is 9.53 Å². The largest absolute Gasteiger partial charge is 0.447 e. The lowest BCUT2D eigenvalue weighted by Crippen LogP contribution is -2.45. The number of aromatic nitrogens is 1. The molecule has 0 spiro atoms. The van der Waals surface area contributed by atoms with Crippen molar-refractivity contribution in [3.8, 4) is 0 Å². The number of hydrogen-bond donors (Lipinski definition) is 3. The Bertz CT molecular complexity index is 851. The lowest BCUT2D eigenvalue weighted by molar-refractivity contribution is -0.384. The first-order valence-electron chi connectivity index (χ1n) is 8.12. The smallest absolute Gasteiger partial charge is 0.411 e. The van der Waals surface area contributed by atoms with Crippen LogP contribution in [0.4, 0.5) is 16.2 Å². The number of alkyl halides is 2. The van der Waals surface area contributed by atoms with Gasteiger partial charge in [0.15, 0.2) is 4.84 Å². The molecule has 0 aliphatic carbocycles. The van der Waals surface area contributed by atoms with Gasteiger partial charge in [0.2, 0.25) is 0 Å². The number of anilines is 1. The van der Waals surface area contributed by atoms with Crippen molar-refractivity contribution in [3.05, 3.63) is 64.5 Å². The summed E-state index contributed by atoms with van der Waals surface area (Å²) < 4.78 is 5.05. The maximum Gasteiger partial charge on any atom is 0.411 e. The molecule has 0 aliphatic heterocycles. The van der Waals surface area contributed by atoms with Crippen LogP contribution in [0.5, 0.6) is 0 Å². The Balaban J connectivity index is 2.07. The van der Waals surface area contributed by atoms with Crippen LogP contribution >= 0.6 is 23.2 Å². The molecule has 3 N–H and O–H groups in total. The van der Waals surface area contributed by atoms with Crippen LogP contribution in [0.3, 0.4) is 0 Å². The van der Waals surface area contributed by atoms with Gasteiger partial charge >= 0.3 is 6.09 Å². The summed E-state index contributed by atoms with van der Waals surface area (Å²) in [7, 11) is 0. The maximum absolute atomic E-state index is 11.9. The highest BCUT2D eigenvalue weighted by atomic mass is 35.5. The molecule has 154 valence electrons. The SMILES string of the molecule is O=C(Nc1cccnc1)OC[C@@H](NC(=O)C(Cl)Cl)[C@@H](O)c1ccc([N+](=O)[O-])cc1. The number of nitrogens with one attached hydrogen (secondary N) is 2. The van der Waals surface area contributed by atoms with Crippen molar-refractivity contribution in [1.29, 1.82) is 0 Å². The van der Waals surface area contributed by atoms with Crippen molar-refractivity contribution in [3.63, 3.8) is 0 Å². The quantitative estimate of drug-likeness (QED) is 0.323. The zero-order valence-electron chi connectivity index (χ0n) is 14.7. The Labute approximate surface area is 174 Å². The number of nitrogens with zero attached hydrogens (tertiary/aromatic N) is 2. The van der Waals surface area contributed by atoms with Gasteiger partial charge in [0, 0.05) is 18.3 Å². The van der Waals surface area contributed by atoms with Crippen LogP contribution in [0.15, 0.2) is 48.8 Å². The van der Waals surface area contributed by atoms with E-state index in [0.29, 0.717) is 5.69 Å². The van der Waals surface area contributed by atoms with E-state index in [1.54, 1.807) is 12.1 Å². The topological polar surface area (TPSA) is 144 Å². The van der Waals surface area contributed by atoms with Gasteiger partial charge in [-0.15, -0.1) is 0 Å². The van der Waals surface area contributed by atoms with Gasteiger partial charge in [-0.3, -0.25) is 25.2 Å². The van der Waals surface area contributed by atoms with Gasteiger partial charge in [-0.2, -0.15) is 0 Å². The normalized spacial score (nSPS) is 12.7.